The number of carbonyl (C=O) groups excluding carboxylic acids is 1. The van der Waals surface area contributed by atoms with Crippen LogP contribution in [-0.4, -0.2) is 33.8 Å². The first-order valence-corrected chi connectivity index (χ1v) is 8.19. The number of hydrogen-bond donors (Lipinski definition) is 1. The highest BCUT2D eigenvalue weighted by molar-refractivity contribution is 5.74. The molecular formula is C18H24N4O. The Hall–Kier alpha value is -2.30. The summed E-state index contributed by atoms with van der Waals surface area (Å²) in [5, 5.41) is 7.09. The third-order valence-electron chi connectivity index (χ3n) is 4.61. The van der Waals surface area contributed by atoms with Crippen molar-refractivity contribution in [3.05, 3.63) is 53.3 Å². The smallest absolute Gasteiger partial charge is 0.317 e. The molecule has 1 aromatic carbocycles. The lowest BCUT2D eigenvalue weighted by Gasteiger charge is -2.32. The lowest BCUT2D eigenvalue weighted by molar-refractivity contribution is 0.181. The molecule has 1 N–H and O–H groups in total. The Morgan fingerprint density at radius 3 is 2.70 bits per heavy atom. The Morgan fingerprint density at radius 2 is 2.04 bits per heavy atom. The van der Waals surface area contributed by atoms with E-state index in [1.807, 2.05) is 18.1 Å². The summed E-state index contributed by atoms with van der Waals surface area (Å²) < 4.78 is 1.75. The van der Waals surface area contributed by atoms with Gasteiger partial charge in [-0.3, -0.25) is 4.68 Å². The maximum absolute atomic E-state index is 12.3. The van der Waals surface area contributed by atoms with Crippen molar-refractivity contribution in [2.75, 3.05) is 13.1 Å². The highest BCUT2D eigenvalue weighted by Gasteiger charge is 2.24. The fraction of sp³-hybridized carbons (Fsp3) is 0.444. The molecule has 2 aromatic rings. The van der Waals surface area contributed by atoms with Crippen LogP contribution in [0.5, 0.6) is 0 Å². The molecule has 122 valence electrons. The number of nitrogens with one attached hydrogen (secondary N) is 1. The number of hydrogen-bond acceptors (Lipinski definition) is 2. The summed E-state index contributed by atoms with van der Waals surface area (Å²) >= 11 is 0. The van der Waals surface area contributed by atoms with Gasteiger partial charge in [0, 0.05) is 38.4 Å². The van der Waals surface area contributed by atoms with Gasteiger partial charge in [0.2, 0.25) is 0 Å². The van der Waals surface area contributed by atoms with Gasteiger partial charge in [-0.2, -0.15) is 5.10 Å². The largest absolute Gasteiger partial charge is 0.334 e. The van der Waals surface area contributed by atoms with Crippen molar-refractivity contribution < 1.29 is 4.79 Å². The van der Waals surface area contributed by atoms with Crippen molar-refractivity contribution in [1.82, 2.24) is 20.0 Å². The number of nitrogens with zero attached hydrogens (tertiary/aromatic N) is 3. The second kappa shape index (κ2) is 6.86. The van der Waals surface area contributed by atoms with Crippen molar-refractivity contribution in [2.45, 2.75) is 32.2 Å². The molecule has 0 atom stereocenters. The Balaban J connectivity index is 1.50. The summed E-state index contributed by atoms with van der Waals surface area (Å²) in [4.78, 5) is 14.2. The van der Waals surface area contributed by atoms with Crippen LogP contribution >= 0.6 is 0 Å². The molecule has 23 heavy (non-hydrogen) atoms. The molecule has 5 nitrogen and oxygen atoms in total. The minimum atomic E-state index is 0.0251. The quantitative estimate of drug-likeness (QED) is 0.947. The van der Waals surface area contributed by atoms with Crippen molar-refractivity contribution in [3.8, 4) is 0 Å². The summed E-state index contributed by atoms with van der Waals surface area (Å²) in [6.07, 6.45) is 5.77. The van der Waals surface area contributed by atoms with E-state index < -0.39 is 0 Å². The van der Waals surface area contributed by atoms with E-state index >= 15 is 0 Å². The van der Waals surface area contributed by atoms with Crippen LogP contribution in [0.25, 0.3) is 0 Å². The molecule has 2 heterocycles. The second-order valence-corrected chi connectivity index (χ2v) is 6.30. The minimum absolute atomic E-state index is 0.0251. The van der Waals surface area contributed by atoms with Crippen molar-refractivity contribution >= 4 is 6.03 Å². The molecule has 0 bridgehead atoms. The first-order valence-electron chi connectivity index (χ1n) is 8.19. The number of amides is 2. The zero-order chi connectivity index (χ0) is 16.2. The average molecular weight is 312 g/mol. The maximum Gasteiger partial charge on any atom is 0.317 e. The number of rotatable bonds is 3. The number of urea groups is 1. The first-order chi connectivity index (χ1) is 11.1. The SMILES string of the molecule is Cc1ccccc1C1CCN(C(=O)NCc2cnn(C)c2)CC1. The van der Waals surface area contributed by atoms with E-state index in [9.17, 15) is 4.79 Å². The molecule has 0 radical (unpaired) electrons. The van der Waals surface area contributed by atoms with Crippen molar-refractivity contribution in [2.24, 2.45) is 7.05 Å². The normalized spacial score (nSPS) is 15.7. The third-order valence-corrected chi connectivity index (χ3v) is 4.61. The number of likely N-dealkylation sites (tertiary alicyclic amines) is 1. The fourth-order valence-electron chi connectivity index (χ4n) is 3.29. The number of benzene rings is 1. The monoisotopic (exact) mass is 312 g/mol. The van der Waals surface area contributed by atoms with Crippen LogP contribution in [0.3, 0.4) is 0 Å². The third kappa shape index (κ3) is 3.73. The highest BCUT2D eigenvalue weighted by atomic mass is 16.2. The summed E-state index contributed by atoms with van der Waals surface area (Å²) in [7, 11) is 1.88. The van der Waals surface area contributed by atoms with Gasteiger partial charge in [0.15, 0.2) is 0 Å². The molecule has 3 rings (SSSR count). The molecule has 0 unspecified atom stereocenters. The van der Waals surface area contributed by atoms with Crippen LogP contribution in [0.2, 0.25) is 0 Å². The van der Waals surface area contributed by atoms with Crippen molar-refractivity contribution in [3.63, 3.8) is 0 Å². The fourth-order valence-corrected chi connectivity index (χ4v) is 3.29. The Morgan fingerprint density at radius 1 is 1.30 bits per heavy atom. The van der Waals surface area contributed by atoms with Gasteiger partial charge >= 0.3 is 6.03 Å². The predicted octanol–water partition coefficient (Wildman–Crippen LogP) is 2.82. The van der Waals surface area contributed by atoms with E-state index in [0.29, 0.717) is 12.5 Å². The van der Waals surface area contributed by atoms with E-state index in [1.54, 1.807) is 10.9 Å². The minimum Gasteiger partial charge on any atom is -0.334 e. The van der Waals surface area contributed by atoms with Crippen LogP contribution in [0, 0.1) is 6.92 Å². The Labute approximate surface area is 137 Å². The van der Waals surface area contributed by atoms with Crippen molar-refractivity contribution in [1.29, 1.82) is 0 Å². The average Bonchev–Trinajstić information content (AvgIpc) is 2.99. The zero-order valence-corrected chi connectivity index (χ0v) is 13.8. The van der Waals surface area contributed by atoms with Crippen LogP contribution in [0.1, 0.15) is 35.4 Å². The zero-order valence-electron chi connectivity index (χ0n) is 13.8. The summed E-state index contributed by atoms with van der Waals surface area (Å²) in [5.74, 6) is 0.568. The van der Waals surface area contributed by atoms with Gasteiger partial charge in [0.1, 0.15) is 0 Å². The lowest BCUT2D eigenvalue weighted by Crippen LogP contribution is -2.43. The lowest BCUT2D eigenvalue weighted by atomic mass is 9.87. The highest BCUT2D eigenvalue weighted by Crippen LogP contribution is 2.29. The molecule has 1 saturated heterocycles. The summed E-state index contributed by atoms with van der Waals surface area (Å²) in [6.45, 7) is 4.34. The molecule has 0 saturated carbocycles. The Kier molecular flexibility index (Phi) is 4.65. The first kappa shape index (κ1) is 15.6. The molecule has 0 spiro atoms. The second-order valence-electron chi connectivity index (χ2n) is 6.30. The molecule has 1 fully saturated rings. The van der Waals surface area contributed by atoms with Gasteiger partial charge in [-0.1, -0.05) is 24.3 Å². The van der Waals surface area contributed by atoms with Crippen LogP contribution in [0.15, 0.2) is 36.7 Å². The number of aryl methyl sites for hydroxylation is 2. The Bertz CT molecular complexity index is 671. The number of piperidine rings is 1. The molecule has 1 aromatic heterocycles. The van der Waals surface area contributed by atoms with Gasteiger partial charge in [0.25, 0.3) is 0 Å². The van der Waals surface area contributed by atoms with Gasteiger partial charge < -0.3 is 10.2 Å². The van der Waals surface area contributed by atoms with E-state index in [2.05, 4.69) is 41.6 Å². The standard InChI is InChI=1S/C18H24N4O/c1-14-5-3-4-6-17(14)16-7-9-22(10-8-16)18(23)19-11-15-12-20-21(2)13-15/h3-6,12-13,16H,7-11H2,1-2H3,(H,19,23). The summed E-state index contributed by atoms with van der Waals surface area (Å²) in [5.41, 5.74) is 3.81. The molecule has 1 aliphatic heterocycles. The number of aromatic nitrogens is 2. The van der Waals surface area contributed by atoms with Crippen LogP contribution in [-0.2, 0) is 13.6 Å². The molecule has 2 amide bonds. The van der Waals surface area contributed by atoms with Gasteiger partial charge in [-0.15, -0.1) is 0 Å². The number of carbonyl (C=O) groups is 1. The summed E-state index contributed by atoms with van der Waals surface area (Å²) in [6, 6.07) is 8.60. The van der Waals surface area contributed by atoms with Crippen LogP contribution in [0.4, 0.5) is 4.79 Å². The van der Waals surface area contributed by atoms with E-state index in [-0.39, 0.29) is 6.03 Å². The van der Waals surface area contributed by atoms with Gasteiger partial charge in [-0.05, 0) is 36.8 Å². The molecule has 5 heteroatoms. The molecular weight excluding hydrogens is 288 g/mol. The molecule has 1 aliphatic rings. The van der Waals surface area contributed by atoms with E-state index in [4.69, 9.17) is 0 Å². The maximum atomic E-state index is 12.3. The molecule has 0 aliphatic carbocycles. The topological polar surface area (TPSA) is 50.2 Å². The van der Waals surface area contributed by atoms with E-state index in [0.717, 1.165) is 31.5 Å². The predicted molar refractivity (Wildman–Crippen MR) is 90.2 cm³/mol. The van der Waals surface area contributed by atoms with Gasteiger partial charge in [-0.25, -0.2) is 4.79 Å². The van der Waals surface area contributed by atoms with Gasteiger partial charge in [0.05, 0.1) is 6.20 Å². The van der Waals surface area contributed by atoms with Crippen LogP contribution < -0.4 is 5.32 Å². The van der Waals surface area contributed by atoms with E-state index in [1.165, 1.54) is 11.1 Å².